The molecule has 2 nitrogen and oxygen atoms in total. The number of rotatable bonds is 1. The molecule has 1 unspecified atom stereocenters. The van der Waals surface area contributed by atoms with Crippen LogP contribution in [-0.4, -0.2) is 9.55 Å². The van der Waals surface area contributed by atoms with Crippen LogP contribution in [0, 0.1) is 12.3 Å². The van der Waals surface area contributed by atoms with Gasteiger partial charge < -0.3 is 4.57 Å². The first-order valence-electron chi connectivity index (χ1n) is 3.29. The lowest BCUT2D eigenvalue weighted by Gasteiger charge is -2.04. The van der Waals surface area contributed by atoms with Gasteiger partial charge in [0, 0.05) is 7.05 Å². The minimum absolute atomic E-state index is 0.0231. The van der Waals surface area contributed by atoms with Crippen LogP contribution >= 0.6 is 11.6 Å². The summed E-state index contributed by atoms with van der Waals surface area (Å²) in [6.45, 7) is 1.92. The molecule has 3 heteroatoms. The third kappa shape index (κ3) is 1.38. The molecule has 0 bridgehead atoms. The molecule has 1 heterocycles. The van der Waals surface area contributed by atoms with Gasteiger partial charge in [-0.3, -0.25) is 0 Å². The Balaban J connectivity index is 3.12. The molecule has 0 N–H and O–H groups in total. The number of terminal acetylenes is 1. The monoisotopic (exact) mass is 168 g/mol. The normalized spacial score (nSPS) is 12.5. The van der Waals surface area contributed by atoms with E-state index in [1.165, 1.54) is 0 Å². The molecular formula is C8H9ClN2. The first kappa shape index (κ1) is 8.16. The Labute approximate surface area is 71.2 Å². The summed E-state index contributed by atoms with van der Waals surface area (Å²) in [5.74, 6) is 2.63. The minimum atomic E-state index is 0.0231. The van der Waals surface area contributed by atoms with Crippen molar-refractivity contribution in [2.24, 2.45) is 7.05 Å². The molecule has 1 rings (SSSR count). The van der Waals surface area contributed by atoms with E-state index in [0.29, 0.717) is 5.15 Å². The van der Waals surface area contributed by atoms with Crippen molar-refractivity contribution in [3.8, 4) is 12.3 Å². The Hall–Kier alpha value is -0.940. The standard InChI is InChI=1S/C8H9ClN2/c1-4-6(2)7-8(9)10-5-11(7)3/h1,5-6H,2-3H3. The molecule has 0 saturated carbocycles. The fourth-order valence-corrected chi connectivity index (χ4v) is 1.31. The zero-order chi connectivity index (χ0) is 8.43. The lowest BCUT2D eigenvalue weighted by molar-refractivity contribution is 0.797. The largest absolute Gasteiger partial charge is 0.335 e. The Morgan fingerprint density at radius 1 is 1.82 bits per heavy atom. The van der Waals surface area contributed by atoms with Crippen LogP contribution in [0.5, 0.6) is 0 Å². The molecule has 0 radical (unpaired) electrons. The Bertz CT molecular complexity index is 276. The van der Waals surface area contributed by atoms with Gasteiger partial charge in [0.25, 0.3) is 0 Å². The van der Waals surface area contributed by atoms with Crippen molar-refractivity contribution in [2.75, 3.05) is 0 Å². The molecular weight excluding hydrogens is 160 g/mol. The third-order valence-electron chi connectivity index (χ3n) is 1.60. The van der Waals surface area contributed by atoms with Crippen LogP contribution in [0.4, 0.5) is 0 Å². The van der Waals surface area contributed by atoms with Crippen LogP contribution in [-0.2, 0) is 7.05 Å². The summed E-state index contributed by atoms with van der Waals surface area (Å²) in [5, 5.41) is 0.498. The van der Waals surface area contributed by atoms with Crippen molar-refractivity contribution in [2.45, 2.75) is 12.8 Å². The zero-order valence-corrected chi connectivity index (χ0v) is 7.26. The van der Waals surface area contributed by atoms with Crippen LogP contribution in [0.1, 0.15) is 18.5 Å². The summed E-state index contributed by atoms with van der Waals surface area (Å²) in [4.78, 5) is 3.92. The van der Waals surface area contributed by atoms with Gasteiger partial charge in [-0.15, -0.1) is 6.42 Å². The highest BCUT2D eigenvalue weighted by molar-refractivity contribution is 6.30. The van der Waals surface area contributed by atoms with Crippen molar-refractivity contribution in [1.82, 2.24) is 9.55 Å². The summed E-state index contributed by atoms with van der Waals surface area (Å²) in [6, 6.07) is 0. The van der Waals surface area contributed by atoms with Gasteiger partial charge in [-0.05, 0) is 6.92 Å². The molecule has 11 heavy (non-hydrogen) atoms. The third-order valence-corrected chi connectivity index (χ3v) is 1.89. The summed E-state index contributed by atoms with van der Waals surface area (Å²) >= 11 is 5.79. The molecule has 0 saturated heterocycles. The number of hydrogen-bond acceptors (Lipinski definition) is 1. The van der Waals surface area contributed by atoms with Gasteiger partial charge in [0.1, 0.15) is 0 Å². The summed E-state index contributed by atoms with van der Waals surface area (Å²) in [7, 11) is 1.88. The van der Waals surface area contributed by atoms with E-state index in [1.807, 2.05) is 18.5 Å². The molecule has 1 atom stereocenters. The second-order valence-electron chi connectivity index (χ2n) is 2.42. The molecule has 1 aromatic heterocycles. The van der Waals surface area contributed by atoms with Crippen molar-refractivity contribution >= 4 is 11.6 Å². The predicted molar refractivity (Wildman–Crippen MR) is 45.5 cm³/mol. The van der Waals surface area contributed by atoms with Gasteiger partial charge in [-0.1, -0.05) is 17.5 Å². The van der Waals surface area contributed by atoms with Gasteiger partial charge in [0.15, 0.2) is 5.15 Å². The topological polar surface area (TPSA) is 17.8 Å². The van der Waals surface area contributed by atoms with Crippen molar-refractivity contribution in [3.05, 3.63) is 17.2 Å². The van der Waals surface area contributed by atoms with Gasteiger partial charge >= 0.3 is 0 Å². The Kier molecular flexibility index (Phi) is 2.21. The molecule has 0 fully saturated rings. The second kappa shape index (κ2) is 2.98. The summed E-state index contributed by atoms with van der Waals surface area (Å²) in [5.41, 5.74) is 0.897. The predicted octanol–water partition coefficient (Wildman–Crippen LogP) is 1.81. The smallest absolute Gasteiger partial charge is 0.151 e. The van der Waals surface area contributed by atoms with E-state index in [9.17, 15) is 0 Å². The molecule has 0 amide bonds. The van der Waals surface area contributed by atoms with Gasteiger partial charge in [-0.25, -0.2) is 4.98 Å². The number of halogens is 1. The van der Waals surface area contributed by atoms with Crippen LogP contribution in [0.15, 0.2) is 6.33 Å². The van der Waals surface area contributed by atoms with E-state index in [0.717, 1.165) is 5.69 Å². The molecule has 0 aliphatic heterocycles. The van der Waals surface area contributed by atoms with Crippen LogP contribution < -0.4 is 0 Å². The van der Waals surface area contributed by atoms with E-state index in [1.54, 1.807) is 6.33 Å². The number of aryl methyl sites for hydroxylation is 1. The average molecular weight is 169 g/mol. The van der Waals surface area contributed by atoms with E-state index in [-0.39, 0.29) is 5.92 Å². The van der Waals surface area contributed by atoms with E-state index >= 15 is 0 Å². The van der Waals surface area contributed by atoms with Gasteiger partial charge in [0.05, 0.1) is 17.9 Å². The zero-order valence-electron chi connectivity index (χ0n) is 6.50. The van der Waals surface area contributed by atoms with Gasteiger partial charge in [-0.2, -0.15) is 0 Å². The lowest BCUT2D eigenvalue weighted by atomic mass is 10.1. The molecule has 1 aromatic rings. The summed E-state index contributed by atoms with van der Waals surface area (Å²) in [6.07, 6.45) is 6.91. The average Bonchev–Trinajstić information content (AvgIpc) is 2.30. The number of nitrogens with zero attached hydrogens (tertiary/aromatic N) is 2. The maximum absolute atomic E-state index is 5.79. The number of hydrogen-bond donors (Lipinski definition) is 0. The van der Waals surface area contributed by atoms with Crippen molar-refractivity contribution < 1.29 is 0 Å². The molecule has 0 aliphatic carbocycles. The van der Waals surface area contributed by atoms with Crippen LogP contribution in [0.2, 0.25) is 5.15 Å². The van der Waals surface area contributed by atoms with Crippen LogP contribution in [0.25, 0.3) is 0 Å². The highest BCUT2D eigenvalue weighted by Gasteiger charge is 2.11. The Morgan fingerprint density at radius 2 is 2.45 bits per heavy atom. The fourth-order valence-electron chi connectivity index (χ4n) is 0.974. The molecule has 0 aliphatic rings. The quantitative estimate of drug-likeness (QED) is 0.585. The Morgan fingerprint density at radius 3 is 2.82 bits per heavy atom. The van der Waals surface area contributed by atoms with E-state index in [4.69, 9.17) is 18.0 Å². The van der Waals surface area contributed by atoms with E-state index < -0.39 is 0 Å². The molecule has 0 spiro atoms. The number of imidazole rings is 1. The minimum Gasteiger partial charge on any atom is -0.335 e. The maximum Gasteiger partial charge on any atom is 0.151 e. The SMILES string of the molecule is C#CC(C)c1c(Cl)ncn1C. The van der Waals surface area contributed by atoms with Crippen molar-refractivity contribution in [1.29, 1.82) is 0 Å². The first-order chi connectivity index (χ1) is 5.16. The highest BCUT2D eigenvalue weighted by Crippen LogP contribution is 2.21. The van der Waals surface area contributed by atoms with Gasteiger partial charge in [0.2, 0.25) is 0 Å². The summed E-state index contributed by atoms with van der Waals surface area (Å²) < 4.78 is 1.84. The fraction of sp³-hybridized carbons (Fsp3) is 0.375. The second-order valence-corrected chi connectivity index (χ2v) is 2.78. The van der Waals surface area contributed by atoms with E-state index in [2.05, 4.69) is 10.9 Å². The molecule has 58 valence electrons. The molecule has 0 aromatic carbocycles. The first-order valence-corrected chi connectivity index (χ1v) is 3.67. The lowest BCUT2D eigenvalue weighted by Crippen LogP contribution is -1.98. The van der Waals surface area contributed by atoms with Crippen molar-refractivity contribution in [3.63, 3.8) is 0 Å². The van der Waals surface area contributed by atoms with Crippen LogP contribution in [0.3, 0.4) is 0 Å². The number of aromatic nitrogens is 2. The maximum atomic E-state index is 5.79. The highest BCUT2D eigenvalue weighted by atomic mass is 35.5.